The maximum Gasteiger partial charge on any atom is 0.307 e. The summed E-state index contributed by atoms with van der Waals surface area (Å²) in [6, 6.07) is 17.0. The van der Waals surface area contributed by atoms with Crippen LogP contribution in [-0.2, 0) is 30.8 Å². The molecular weight excluding hydrogens is 394 g/mol. The Hall–Kier alpha value is -2.86. The fourth-order valence-corrected chi connectivity index (χ4v) is 4.76. The van der Waals surface area contributed by atoms with E-state index in [1.807, 2.05) is 13.8 Å². The molecule has 156 valence electrons. The van der Waals surface area contributed by atoms with Crippen LogP contribution in [0.3, 0.4) is 0 Å². The maximum atomic E-state index is 12.2. The molecule has 2 heterocycles. The van der Waals surface area contributed by atoms with Gasteiger partial charge in [-0.05, 0) is 43.0 Å². The number of carbonyl (C=O) groups excluding carboxylic acids is 1. The van der Waals surface area contributed by atoms with Crippen molar-refractivity contribution < 1.29 is 4.79 Å². The summed E-state index contributed by atoms with van der Waals surface area (Å²) in [6.45, 7) is 6.75. The molecule has 1 N–H and O–H groups in total. The lowest BCUT2D eigenvalue weighted by Crippen LogP contribution is -2.26. The van der Waals surface area contributed by atoms with E-state index in [9.17, 15) is 9.59 Å². The topological polar surface area (TPSA) is 54.3 Å². The molecule has 2 aromatic carbocycles. The van der Waals surface area contributed by atoms with Gasteiger partial charge in [-0.2, -0.15) is 0 Å². The van der Waals surface area contributed by atoms with Crippen LogP contribution in [0.15, 0.2) is 53.3 Å². The van der Waals surface area contributed by atoms with Crippen LogP contribution in [0.2, 0.25) is 0 Å². The first kappa shape index (κ1) is 20.4. The van der Waals surface area contributed by atoms with Crippen LogP contribution in [0.5, 0.6) is 0 Å². The minimum absolute atomic E-state index is 0.00835. The molecule has 1 amide bonds. The highest BCUT2D eigenvalue weighted by molar-refractivity contribution is 7.09. The molecule has 30 heavy (non-hydrogen) atoms. The van der Waals surface area contributed by atoms with E-state index in [-0.39, 0.29) is 10.8 Å². The number of aryl methyl sites for hydroxylation is 1. The molecule has 3 aromatic rings. The van der Waals surface area contributed by atoms with Crippen LogP contribution in [0.1, 0.15) is 33.7 Å². The van der Waals surface area contributed by atoms with Gasteiger partial charge in [-0.1, -0.05) is 53.8 Å². The Morgan fingerprint density at radius 1 is 1.07 bits per heavy atom. The van der Waals surface area contributed by atoms with E-state index in [1.165, 1.54) is 28.2 Å². The second-order valence-corrected chi connectivity index (χ2v) is 8.97. The Morgan fingerprint density at radius 3 is 2.53 bits per heavy atom. The van der Waals surface area contributed by atoms with E-state index >= 15 is 0 Å². The molecule has 0 saturated carbocycles. The number of carbonyl (C=O) groups is 1. The van der Waals surface area contributed by atoms with Crippen LogP contribution in [-0.4, -0.2) is 17.0 Å². The first-order chi connectivity index (χ1) is 14.5. The van der Waals surface area contributed by atoms with E-state index in [0.717, 1.165) is 35.6 Å². The highest BCUT2D eigenvalue weighted by atomic mass is 32.1. The van der Waals surface area contributed by atoms with Gasteiger partial charge in [0.2, 0.25) is 5.91 Å². The lowest BCUT2D eigenvalue weighted by atomic mass is 10.1. The van der Waals surface area contributed by atoms with Gasteiger partial charge in [0.25, 0.3) is 0 Å². The third-order valence-electron chi connectivity index (χ3n) is 5.81. The van der Waals surface area contributed by atoms with Crippen molar-refractivity contribution in [3.05, 3.63) is 85.5 Å². The van der Waals surface area contributed by atoms with Crippen molar-refractivity contribution in [2.24, 2.45) is 0 Å². The number of thiazole rings is 1. The van der Waals surface area contributed by atoms with Crippen molar-refractivity contribution in [3.8, 4) is 0 Å². The molecule has 0 fully saturated rings. The smallest absolute Gasteiger partial charge is 0.307 e. The largest absolute Gasteiger partial charge is 0.367 e. The summed E-state index contributed by atoms with van der Waals surface area (Å²) in [5.74, 6) is -0.0390. The maximum absolute atomic E-state index is 12.2. The highest BCUT2D eigenvalue weighted by Crippen LogP contribution is 2.28. The number of para-hydroxylation sites is 1. The molecule has 1 aliphatic heterocycles. The van der Waals surface area contributed by atoms with Gasteiger partial charge in [-0.3, -0.25) is 9.59 Å². The van der Waals surface area contributed by atoms with Gasteiger partial charge in [0.15, 0.2) is 0 Å². The summed E-state index contributed by atoms with van der Waals surface area (Å²) in [6.07, 6.45) is 1.42. The van der Waals surface area contributed by atoms with Crippen LogP contribution in [0.4, 0.5) is 5.69 Å². The molecule has 0 spiro atoms. The van der Waals surface area contributed by atoms with E-state index in [2.05, 4.69) is 58.7 Å². The molecule has 4 rings (SSSR count). The summed E-state index contributed by atoms with van der Waals surface area (Å²) in [5, 5.41) is 2.96. The number of hydrogen-bond acceptors (Lipinski definition) is 4. The molecular formula is C24H27N3O2S. The molecule has 1 aromatic heterocycles. The first-order valence-corrected chi connectivity index (χ1v) is 11.2. The van der Waals surface area contributed by atoms with Crippen molar-refractivity contribution in [2.45, 2.75) is 46.3 Å². The van der Waals surface area contributed by atoms with Crippen molar-refractivity contribution in [2.75, 3.05) is 11.4 Å². The van der Waals surface area contributed by atoms with Gasteiger partial charge in [-0.25, -0.2) is 0 Å². The average molecular weight is 422 g/mol. The molecule has 0 radical (unpaired) electrons. The zero-order valence-corrected chi connectivity index (χ0v) is 18.3. The van der Waals surface area contributed by atoms with E-state index < -0.39 is 0 Å². The number of aromatic nitrogens is 1. The Bertz CT molecular complexity index is 1100. The van der Waals surface area contributed by atoms with Gasteiger partial charge >= 0.3 is 4.87 Å². The van der Waals surface area contributed by atoms with Crippen molar-refractivity contribution in [3.63, 3.8) is 0 Å². The summed E-state index contributed by atoms with van der Waals surface area (Å²) >= 11 is 1.24. The summed E-state index contributed by atoms with van der Waals surface area (Å²) in [5.41, 5.74) is 6.06. The minimum Gasteiger partial charge on any atom is -0.367 e. The highest BCUT2D eigenvalue weighted by Gasteiger charge is 2.18. The number of fused-ring (bicyclic) bond motifs is 1. The Labute approximate surface area is 181 Å². The summed E-state index contributed by atoms with van der Waals surface area (Å²) < 4.78 is 1.69. The molecule has 1 aliphatic rings. The minimum atomic E-state index is -0.0390. The SMILES string of the molecule is Cc1sc(=O)n(CCC(=O)NCc2ccc(CN3CCc4ccccc43)cc2)c1C. The van der Waals surface area contributed by atoms with Gasteiger partial charge in [0, 0.05) is 48.9 Å². The zero-order chi connectivity index (χ0) is 21.1. The Balaban J connectivity index is 1.27. The van der Waals surface area contributed by atoms with Crippen LogP contribution < -0.4 is 15.1 Å². The van der Waals surface area contributed by atoms with E-state index in [1.54, 1.807) is 4.57 Å². The van der Waals surface area contributed by atoms with Crippen LogP contribution in [0.25, 0.3) is 0 Å². The van der Waals surface area contributed by atoms with Crippen molar-refractivity contribution in [1.82, 2.24) is 9.88 Å². The monoisotopic (exact) mass is 421 g/mol. The van der Waals surface area contributed by atoms with Crippen LogP contribution >= 0.6 is 11.3 Å². The van der Waals surface area contributed by atoms with E-state index in [4.69, 9.17) is 0 Å². The number of amides is 1. The Morgan fingerprint density at radius 2 is 1.80 bits per heavy atom. The number of benzene rings is 2. The van der Waals surface area contributed by atoms with Crippen molar-refractivity contribution in [1.29, 1.82) is 0 Å². The second kappa shape index (κ2) is 8.88. The number of nitrogens with zero attached hydrogens (tertiary/aromatic N) is 2. The van der Waals surface area contributed by atoms with E-state index in [0.29, 0.717) is 19.5 Å². The molecule has 0 aliphatic carbocycles. The molecule has 5 nitrogen and oxygen atoms in total. The molecule has 6 heteroatoms. The fraction of sp³-hybridized carbons (Fsp3) is 0.333. The summed E-state index contributed by atoms with van der Waals surface area (Å²) in [4.78, 5) is 27.6. The Kier molecular flexibility index (Phi) is 6.04. The average Bonchev–Trinajstić information content (AvgIpc) is 3.26. The van der Waals surface area contributed by atoms with Gasteiger partial charge < -0.3 is 14.8 Å². The molecule has 0 saturated heterocycles. The third-order valence-corrected chi connectivity index (χ3v) is 6.80. The third kappa shape index (κ3) is 4.49. The lowest BCUT2D eigenvalue weighted by molar-refractivity contribution is -0.121. The zero-order valence-electron chi connectivity index (χ0n) is 17.5. The van der Waals surface area contributed by atoms with Crippen LogP contribution in [0, 0.1) is 13.8 Å². The quantitative estimate of drug-likeness (QED) is 0.631. The lowest BCUT2D eigenvalue weighted by Gasteiger charge is -2.19. The van der Waals surface area contributed by atoms with Gasteiger partial charge in [-0.15, -0.1) is 0 Å². The van der Waals surface area contributed by atoms with Crippen molar-refractivity contribution >= 4 is 22.9 Å². The number of hydrogen-bond donors (Lipinski definition) is 1. The molecule has 0 bridgehead atoms. The number of rotatable bonds is 7. The predicted molar refractivity (Wildman–Crippen MR) is 122 cm³/mol. The fourth-order valence-electron chi connectivity index (χ4n) is 3.90. The van der Waals surface area contributed by atoms with Gasteiger partial charge in [0.1, 0.15) is 0 Å². The molecule has 0 unspecified atom stereocenters. The standard InChI is InChI=1S/C24H27N3O2S/c1-17-18(2)30-24(29)27(17)14-12-23(28)25-15-19-7-9-20(10-8-19)16-26-13-11-21-5-3-4-6-22(21)26/h3-10H,11-16H2,1-2H3,(H,25,28). The second-order valence-electron chi connectivity index (χ2n) is 7.80. The van der Waals surface area contributed by atoms with Gasteiger partial charge in [0.05, 0.1) is 0 Å². The number of nitrogens with one attached hydrogen (secondary N) is 1. The predicted octanol–water partition coefficient (Wildman–Crippen LogP) is 3.80. The summed E-state index contributed by atoms with van der Waals surface area (Å²) in [7, 11) is 0. The first-order valence-electron chi connectivity index (χ1n) is 10.4. The molecule has 0 atom stereocenters. The normalized spacial score (nSPS) is 12.8. The number of anilines is 1.